The Labute approximate surface area is 172 Å². The van der Waals surface area contributed by atoms with Crippen molar-refractivity contribution < 1.29 is 37.2 Å². The molecule has 0 aliphatic rings. The number of rotatable bonds is 7. The molecule has 1 amide bonds. The number of halogens is 4. The summed E-state index contributed by atoms with van der Waals surface area (Å²) in [6, 6.07) is 8.29. The number of hydrogen-bond donors (Lipinski definition) is 1. The van der Waals surface area contributed by atoms with E-state index in [0.29, 0.717) is 5.56 Å². The van der Waals surface area contributed by atoms with Crippen LogP contribution in [0, 0.1) is 10.1 Å². The summed E-state index contributed by atoms with van der Waals surface area (Å²) in [6.45, 7) is -0.721. The summed E-state index contributed by atoms with van der Waals surface area (Å²) in [5.74, 6) is -2.16. The van der Waals surface area contributed by atoms with Crippen molar-refractivity contribution in [2.75, 3.05) is 11.9 Å². The summed E-state index contributed by atoms with van der Waals surface area (Å²) in [7, 11) is 0. The van der Waals surface area contributed by atoms with Crippen LogP contribution in [0.4, 0.5) is 24.5 Å². The molecule has 0 unspecified atom stereocenters. The van der Waals surface area contributed by atoms with Crippen LogP contribution in [0.1, 0.15) is 5.56 Å². The van der Waals surface area contributed by atoms with E-state index in [1.54, 1.807) is 0 Å². The fourth-order valence-electron chi connectivity index (χ4n) is 2.08. The number of esters is 1. The van der Waals surface area contributed by atoms with E-state index in [4.69, 9.17) is 16.3 Å². The van der Waals surface area contributed by atoms with Gasteiger partial charge in [0, 0.05) is 17.2 Å². The molecule has 12 heteroatoms. The summed E-state index contributed by atoms with van der Waals surface area (Å²) in [5.41, 5.74) is -0.176. The van der Waals surface area contributed by atoms with E-state index >= 15 is 0 Å². The molecular formula is C18H12ClF3N2O6. The van der Waals surface area contributed by atoms with Gasteiger partial charge in [-0.2, -0.15) is 0 Å². The molecule has 0 radical (unpaired) electrons. The van der Waals surface area contributed by atoms with E-state index in [1.165, 1.54) is 30.3 Å². The van der Waals surface area contributed by atoms with Crippen molar-refractivity contribution in [3.05, 3.63) is 69.2 Å². The maximum absolute atomic E-state index is 12.1. The molecule has 0 bridgehead atoms. The number of carbonyl (C=O) groups excluding carboxylic acids is 2. The Hall–Kier alpha value is -3.60. The van der Waals surface area contributed by atoms with E-state index in [2.05, 4.69) is 10.1 Å². The molecule has 2 rings (SSSR count). The smallest absolute Gasteiger partial charge is 0.452 e. The van der Waals surface area contributed by atoms with Crippen molar-refractivity contribution in [2.45, 2.75) is 6.36 Å². The highest BCUT2D eigenvalue weighted by atomic mass is 35.5. The summed E-state index contributed by atoms with van der Waals surface area (Å²) in [6.07, 6.45) is -2.60. The summed E-state index contributed by atoms with van der Waals surface area (Å²) in [5, 5.41) is 13.3. The van der Waals surface area contributed by atoms with E-state index in [-0.39, 0.29) is 10.7 Å². The number of benzene rings is 2. The predicted octanol–water partition coefficient (Wildman–Crippen LogP) is 4.34. The van der Waals surface area contributed by atoms with E-state index < -0.39 is 41.2 Å². The Balaban J connectivity index is 1.87. The van der Waals surface area contributed by atoms with Gasteiger partial charge in [0.1, 0.15) is 11.4 Å². The zero-order valence-corrected chi connectivity index (χ0v) is 15.6. The molecular weight excluding hydrogens is 433 g/mol. The third kappa shape index (κ3) is 7.43. The maximum Gasteiger partial charge on any atom is 0.573 e. The van der Waals surface area contributed by atoms with Gasteiger partial charge in [0.05, 0.1) is 4.92 Å². The van der Waals surface area contributed by atoms with E-state index in [1.807, 2.05) is 0 Å². The monoisotopic (exact) mass is 444 g/mol. The molecule has 158 valence electrons. The molecule has 0 fully saturated rings. The average Bonchev–Trinajstić information content (AvgIpc) is 2.66. The third-order valence-corrected chi connectivity index (χ3v) is 3.54. The molecule has 30 heavy (non-hydrogen) atoms. The maximum atomic E-state index is 12.1. The number of alkyl halides is 3. The lowest BCUT2D eigenvalue weighted by molar-refractivity contribution is -0.383. The van der Waals surface area contributed by atoms with Gasteiger partial charge >= 0.3 is 12.3 Å². The zero-order chi connectivity index (χ0) is 22.3. The highest BCUT2D eigenvalue weighted by Crippen LogP contribution is 2.27. The lowest BCUT2D eigenvalue weighted by Crippen LogP contribution is -2.20. The second-order valence-corrected chi connectivity index (χ2v) is 5.96. The van der Waals surface area contributed by atoms with Crippen LogP contribution in [-0.4, -0.2) is 29.8 Å². The highest BCUT2D eigenvalue weighted by Gasteiger charge is 2.30. The van der Waals surface area contributed by atoms with Gasteiger partial charge in [0.15, 0.2) is 6.61 Å². The Morgan fingerprint density at radius 1 is 1.17 bits per heavy atom. The first-order chi connectivity index (χ1) is 14.0. The first-order valence-corrected chi connectivity index (χ1v) is 8.36. The molecule has 0 saturated heterocycles. The molecule has 1 N–H and O–H groups in total. The molecule has 0 aromatic heterocycles. The summed E-state index contributed by atoms with van der Waals surface area (Å²) < 4.78 is 44.7. The van der Waals surface area contributed by atoms with Crippen molar-refractivity contribution in [1.82, 2.24) is 0 Å². The topological polar surface area (TPSA) is 108 Å². The van der Waals surface area contributed by atoms with Gasteiger partial charge in [-0.15, -0.1) is 13.2 Å². The number of anilines is 1. The van der Waals surface area contributed by atoms with Crippen LogP contribution in [0.15, 0.2) is 48.5 Å². The van der Waals surface area contributed by atoms with Crippen LogP contribution in [0.2, 0.25) is 5.02 Å². The molecule has 0 atom stereocenters. The minimum atomic E-state index is -4.81. The number of carbonyl (C=O) groups is 2. The fraction of sp³-hybridized carbons (Fsp3) is 0.111. The van der Waals surface area contributed by atoms with Gasteiger partial charge < -0.3 is 14.8 Å². The number of nitrogens with zero attached hydrogens (tertiary/aromatic N) is 1. The number of hydrogen-bond acceptors (Lipinski definition) is 6. The molecule has 0 heterocycles. The minimum Gasteiger partial charge on any atom is -0.452 e. The summed E-state index contributed by atoms with van der Waals surface area (Å²) in [4.78, 5) is 33.7. The lowest BCUT2D eigenvalue weighted by Gasteiger charge is -2.08. The number of nitro groups is 1. The van der Waals surface area contributed by atoms with Crippen molar-refractivity contribution in [3.63, 3.8) is 0 Å². The van der Waals surface area contributed by atoms with Crippen molar-refractivity contribution in [3.8, 4) is 5.75 Å². The molecule has 0 saturated carbocycles. The standard InChI is InChI=1S/C18H12ClF3N2O6/c19-12-4-7-14(15(9-12)24(27)28)23-16(25)10-29-17(26)8-3-11-1-5-13(6-2-11)30-18(20,21)22/h1-9H,10H2,(H,23,25)/b8-3+. The normalized spacial score (nSPS) is 11.2. The van der Waals surface area contributed by atoms with Gasteiger partial charge in [0.25, 0.3) is 11.6 Å². The average molecular weight is 445 g/mol. The van der Waals surface area contributed by atoms with Crippen LogP contribution >= 0.6 is 11.6 Å². The molecule has 0 spiro atoms. The molecule has 8 nitrogen and oxygen atoms in total. The van der Waals surface area contributed by atoms with Gasteiger partial charge in [-0.05, 0) is 35.9 Å². The van der Waals surface area contributed by atoms with Crippen LogP contribution in [-0.2, 0) is 14.3 Å². The second-order valence-electron chi connectivity index (χ2n) is 5.52. The van der Waals surface area contributed by atoms with Crippen LogP contribution in [0.25, 0.3) is 6.08 Å². The van der Waals surface area contributed by atoms with Gasteiger partial charge in [-0.25, -0.2) is 4.79 Å². The fourth-order valence-corrected chi connectivity index (χ4v) is 2.24. The quantitative estimate of drug-likeness (QED) is 0.294. The molecule has 0 aliphatic carbocycles. The van der Waals surface area contributed by atoms with Crippen molar-refractivity contribution >= 4 is 40.9 Å². The highest BCUT2D eigenvalue weighted by molar-refractivity contribution is 6.31. The van der Waals surface area contributed by atoms with Crippen molar-refractivity contribution in [2.24, 2.45) is 0 Å². The van der Waals surface area contributed by atoms with E-state index in [9.17, 15) is 32.9 Å². The zero-order valence-electron chi connectivity index (χ0n) is 14.8. The number of nitrogens with one attached hydrogen (secondary N) is 1. The Morgan fingerprint density at radius 3 is 2.43 bits per heavy atom. The largest absolute Gasteiger partial charge is 0.573 e. The lowest BCUT2D eigenvalue weighted by atomic mass is 10.2. The molecule has 2 aromatic rings. The van der Waals surface area contributed by atoms with Crippen LogP contribution < -0.4 is 10.1 Å². The van der Waals surface area contributed by atoms with Gasteiger partial charge in [0.2, 0.25) is 0 Å². The van der Waals surface area contributed by atoms with Gasteiger partial charge in [-0.3, -0.25) is 14.9 Å². The minimum absolute atomic E-state index is 0.106. The molecule has 2 aromatic carbocycles. The van der Waals surface area contributed by atoms with Crippen molar-refractivity contribution in [1.29, 1.82) is 0 Å². The SMILES string of the molecule is O=C(COC(=O)/C=C/c1ccc(OC(F)(F)F)cc1)Nc1ccc(Cl)cc1[N+](=O)[O-]. The number of nitro benzene ring substituents is 1. The number of ether oxygens (including phenoxy) is 2. The first kappa shape index (κ1) is 22.7. The van der Waals surface area contributed by atoms with Gasteiger partial charge in [-0.1, -0.05) is 23.7 Å². The first-order valence-electron chi connectivity index (χ1n) is 7.98. The third-order valence-electron chi connectivity index (χ3n) is 3.30. The second kappa shape index (κ2) is 9.74. The Kier molecular flexibility index (Phi) is 7.37. The summed E-state index contributed by atoms with van der Waals surface area (Å²) >= 11 is 5.67. The Morgan fingerprint density at radius 2 is 1.83 bits per heavy atom. The predicted molar refractivity (Wildman–Crippen MR) is 99.9 cm³/mol. The Bertz CT molecular complexity index is 977. The van der Waals surface area contributed by atoms with Crippen LogP contribution in [0.5, 0.6) is 5.75 Å². The van der Waals surface area contributed by atoms with Crippen LogP contribution in [0.3, 0.4) is 0 Å². The molecule has 0 aliphatic heterocycles. The number of amides is 1. The van der Waals surface area contributed by atoms with E-state index in [0.717, 1.165) is 24.3 Å².